The molecule has 0 bridgehead atoms. The summed E-state index contributed by atoms with van der Waals surface area (Å²) >= 11 is 0. The van der Waals surface area contributed by atoms with E-state index in [4.69, 9.17) is 5.11 Å². The van der Waals surface area contributed by atoms with Gasteiger partial charge in [0.2, 0.25) is 5.91 Å². The lowest BCUT2D eigenvalue weighted by atomic mass is 10.0. The average molecular weight is 214 g/mol. The first-order chi connectivity index (χ1) is 7.02. The van der Waals surface area contributed by atoms with E-state index >= 15 is 0 Å². The molecule has 1 saturated heterocycles. The molecule has 1 aliphatic rings. The van der Waals surface area contributed by atoms with Crippen LogP contribution in [0.25, 0.3) is 0 Å². The lowest BCUT2D eigenvalue weighted by Crippen LogP contribution is -2.44. The SMILES string of the molecule is CC(O)CCN(C)C(=O)C1NCCC1C. The van der Waals surface area contributed by atoms with Crippen molar-refractivity contribution in [2.45, 2.75) is 38.8 Å². The van der Waals surface area contributed by atoms with Gasteiger partial charge in [0, 0.05) is 13.6 Å². The molecule has 0 aromatic carbocycles. The molecule has 0 aromatic heterocycles. The first-order valence-electron chi connectivity index (χ1n) is 5.68. The number of nitrogens with one attached hydrogen (secondary N) is 1. The summed E-state index contributed by atoms with van der Waals surface area (Å²) in [6, 6.07) is -0.0241. The maximum atomic E-state index is 12.0. The van der Waals surface area contributed by atoms with Gasteiger partial charge >= 0.3 is 0 Å². The molecule has 1 heterocycles. The number of aliphatic hydroxyl groups is 1. The molecule has 0 radical (unpaired) electrons. The van der Waals surface area contributed by atoms with E-state index in [1.807, 2.05) is 0 Å². The Morgan fingerprint density at radius 2 is 2.33 bits per heavy atom. The molecule has 4 heteroatoms. The minimum atomic E-state index is -0.339. The smallest absolute Gasteiger partial charge is 0.239 e. The van der Waals surface area contributed by atoms with Gasteiger partial charge in [0.25, 0.3) is 0 Å². The Bertz CT molecular complexity index is 219. The van der Waals surface area contributed by atoms with Crippen LogP contribution >= 0.6 is 0 Å². The van der Waals surface area contributed by atoms with Gasteiger partial charge in [-0.1, -0.05) is 6.92 Å². The van der Waals surface area contributed by atoms with Crippen LogP contribution in [-0.4, -0.2) is 48.2 Å². The van der Waals surface area contributed by atoms with Gasteiger partial charge in [-0.25, -0.2) is 0 Å². The Labute approximate surface area is 91.6 Å². The number of carbonyl (C=O) groups excluding carboxylic acids is 1. The summed E-state index contributed by atoms with van der Waals surface area (Å²) in [6.07, 6.45) is 1.37. The molecule has 1 fully saturated rings. The highest BCUT2D eigenvalue weighted by Gasteiger charge is 2.31. The monoisotopic (exact) mass is 214 g/mol. The zero-order chi connectivity index (χ0) is 11.4. The molecule has 0 spiro atoms. The highest BCUT2D eigenvalue weighted by Crippen LogP contribution is 2.16. The molecular formula is C11H22N2O2. The number of hydrogen-bond acceptors (Lipinski definition) is 3. The molecular weight excluding hydrogens is 192 g/mol. The van der Waals surface area contributed by atoms with E-state index in [1.54, 1.807) is 18.9 Å². The molecule has 2 N–H and O–H groups in total. The highest BCUT2D eigenvalue weighted by atomic mass is 16.3. The maximum absolute atomic E-state index is 12.0. The fourth-order valence-corrected chi connectivity index (χ4v) is 1.89. The Balaban J connectivity index is 2.38. The Hall–Kier alpha value is -0.610. The Morgan fingerprint density at radius 1 is 1.67 bits per heavy atom. The molecule has 3 unspecified atom stereocenters. The van der Waals surface area contributed by atoms with Gasteiger partial charge in [-0.05, 0) is 32.2 Å². The van der Waals surface area contributed by atoms with Crippen molar-refractivity contribution in [1.82, 2.24) is 10.2 Å². The van der Waals surface area contributed by atoms with Crippen LogP contribution in [0.1, 0.15) is 26.7 Å². The van der Waals surface area contributed by atoms with Gasteiger partial charge in [-0.15, -0.1) is 0 Å². The van der Waals surface area contributed by atoms with Crippen LogP contribution in [0.15, 0.2) is 0 Å². The quantitative estimate of drug-likeness (QED) is 0.703. The maximum Gasteiger partial charge on any atom is 0.239 e. The van der Waals surface area contributed by atoms with E-state index in [2.05, 4.69) is 12.2 Å². The van der Waals surface area contributed by atoms with Crippen LogP contribution in [0.3, 0.4) is 0 Å². The lowest BCUT2D eigenvalue weighted by molar-refractivity contribution is -0.132. The van der Waals surface area contributed by atoms with Crippen LogP contribution in [0.2, 0.25) is 0 Å². The topological polar surface area (TPSA) is 52.6 Å². The third-order valence-corrected chi connectivity index (χ3v) is 3.06. The zero-order valence-electron chi connectivity index (χ0n) is 9.86. The van der Waals surface area contributed by atoms with Gasteiger partial charge < -0.3 is 15.3 Å². The summed E-state index contributed by atoms with van der Waals surface area (Å²) in [6.45, 7) is 5.41. The van der Waals surface area contributed by atoms with Gasteiger partial charge in [-0.3, -0.25) is 4.79 Å². The Kier molecular flexibility index (Phi) is 4.54. The highest BCUT2D eigenvalue weighted by molar-refractivity contribution is 5.82. The predicted octanol–water partition coefficient (Wildman–Crippen LogP) is 0.214. The molecule has 4 nitrogen and oxygen atoms in total. The van der Waals surface area contributed by atoms with E-state index in [-0.39, 0.29) is 18.1 Å². The number of rotatable bonds is 4. The van der Waals surface area contributed by atoms with Crippen molar-refractivity contribution in [3.05, 3.63) is 0 Å². The molecule has 1 rings (SSSR count). The Morgan fingerprint density at radius 3 is 2.80 bits per heavy atom. The van der Waals surface area contributed by atoms with Crippen molar-refractivity contribution >= 4 is 5.91 Å². The third-order valence-electron chi connectivity index (χ3n) is 3.06. The standard InChI is InChI=1S/C11H22N2O2/c1-8-4-6-12-10(8)11(15)13(3)7-5-9(2)14/h8-10,12,14H,4-7H2,1-3H3. The summed E-state index contributed by atoms with van der Waals surface area (Å²) in [5.41, 5.74) is 0. The van der Waals surface area contributed by atoms with Crippen molar-refractivity contribution in [2.75, 3.05) is 20.1 Å². The second kappa shape index (κ2) is 5.47. The molecule has 1 amide bonds. The minimum Gasteiger partial charge on any atom is -0.393 e. The van der Waals surface area contributed by atoms with Gasteiger partial charge in [-0.2, -0.15) is 0 Å². The summed E-state index contributed by atoms with van der Waals surface area (Å²) < 4.78 is 0. The summed E-state index contributed by atoms with van der Waals surface area (Å²) in [4.78, 5) is 13.7. The summed E-state index contributed by atoms with van der Waals surface area (Å²) in [5.74, 6) is 0.576. The zero-order valence-corrected chi connectivity index (χ0v) is 9.86. The second-order valence-electron chi connectivity index (χ2n) is 4.60. The van der Waals surface area contributed by atoms with E-state index in [9.17, 15) is 4.79 Å². The average Bonchev–Trinajstić information content (AvgIpc) is 2.59. The van der Waals surface area contributed by atoms with E-state index in [1.165, 1.54) is 0 Å². The second-order valence-corrected chi connectivity index (χ2v) is 4.60. The van der Waals surface area contributed by atoms with E-state index in [0.29, 0.717) is 18.9 Å². The number of carbonyl (C=O) groups is 1. The summed E-state index contributed by atoms with van der Waals surface area (Å²) in [7, 11) is 1.80. The number of nitrogens with zero attached hydrogens (tertiary/aromatic N) is 1. The van der Waals surface area contributed by atoms with Crippen molar-refractivity contribution in [1.29, 1.82) is 0 Å². The number of hydrogen-bond donors (Lipinski definition) is 2. The fourth-order valence-electron chi connectivity index (χ4n) is 1.89. The predicted molar refractivity (Wildman–Crippen MR) is 59.5 cm³/mol. The molecule has 0 saturated carbocycles. The lowest BCUT2D eigenvalue weighted by Gasteiger charge is -2.23. The van der Waals surface area contributed by atoms with Crippen LogP contribution in [-0.2, 0) is 4.79 Å². The largest absolute Gasteiger partial charge is 0.393 e. The van der Waals surface area contributed by atoms with E-state index < -0.39 is 0 Å². The molecule has 0 aromatic rings. The minimum absolute atomic E-state index is 0.0241. The fraction of sp³-hybridized carbons (Fsp3) is 0.909. The molecule has 88 valence electrons. The van der Waals surface area contributed by atoms with Crippen LogP contribution in [0.5, 0.6) is 0 Å². The van der Waals surface area contributed by atoms with Crippen molar-refractivity contribution < 1.29 is 9.90 Å². The number of amides is 1. The van der Waals surface area contributed by atoms with Gasteiger partial charge in [0.1, 0.15) is 0 Å². The van der Waals surface area contributed by atoms with Crippen LogP contribution in [0, 0.1) is 5.92 Å². The molecule has 15 heavy (non-hydrogen) atoms. The molecule has 0 aliphatic carbocycles. The van der Waals surface area contributed by atoms with Crippen molar-refractivity contribution in [3.8, 4) is 0 Å². The van der Waals surface area contributed by atoms with Crippen molar-refractivity contribution in [3.63, 3.8) is 0 Å². The number of aliphatic hydroxyl groups excluding tert-OH is 1. The van der Waals surface area contributed by atoms with Crippen LogP contribution < -0.4 is 5.32 Å². The number of likely N-dealkylation sites (N-methyl/N-ethyl adjacent to an activating group) is 1. The van der Waals surface area contributed by atoms with Gasteiger partial charge in [0.15, 0.2) is 0 Å². The first-order valence-corrected chi connectivity index (χ1v) is 5.68. The molecule has 1 aliphatic heterocycles. The van der Waals surface area contributed by atoms with Gasteiger partial charge in [0.05, 0.1) is 12.1 Å². The summed E-state index contributed by atoms with van der Waals surface area (Å²) in [5, 5.41) is 12.4. The van der Waals surface area contributed by atoms with Crippen LogP contribution in [0.4, 0.5) is 0 Å². The molecule has 3 atom stereocenters. The third kappa shape index (κ3) is 3.47. The first kappa shape index (κ1) is 12.5. The van der Waals surface area contributed by atoms with Crippen molar-refractivity contribution in [2.24, 2.45) is 5.92 Å². The van der Waals surface area contributed by atoms with E-state index in [0.717, 1.165) is 13.0 Å². The normalized spacial score (nSPS) is 27.7.